The molecule has 0 amide bonds. The van der Waals surface area contributed by atoms with Crippen molar-refractivity contribution in [2.24, 2.45) is 0 Å². The molecule has 0 radical (unpaired) electrons. The molecule has 0 atom stereocenters. The molecule has 0 unspecified atom stereocenters. The molecule has 0 spiro atoms. The second kappa shape index (κ2) is 8.19. The van der Waals surface area contributed by atoms with E-state index in [9.17, 15) is 4.79 Å². The summed E-state index contributed by atoms with van der Waals surface area (Å²) < 4.78 is 7.35. The Kier molecular flexibility index (Phi) is 5.89. The van der Waals surface area contributed by atoms with E-state index in [0.717, 1.165) is 33.8 Å². The summed E-state index contributed by atoms with van der Waals surface area (Å²) in [4.78, 5) is 12.9. The van der Waals surface area contributed by atoms with Crippen LogP contribution in [0.4, 0.5) is 0 Å². The van der Waals surface area contributed by atoms with Crippen LogP contribution in [0.25, 0.3) is 11.4 Å². The smallest absolute Gasteiger partial charge is 0.192 e. The minimum atomic E-state index is 0.0999. The van der Waals surface area contributed by atoms with Gasteiger partial charge in [0.05, 0.1) is 17.6 Å². The summed E-state index contributed by atoms with van der Waals surface area (Å²) in [7, 11) is 0. The lowest BCUT2D eigenvalue weighted by Gasteiger charge is -2.13. The number of carbonyl (C=O) groups excluding carboxylic acids is 1. The van der Waals surface area contributed by atoms with E-state index in [2.05, 4.69) is 30.6 Å². The predicted octanol–water partition coefficient (Wildman–Crippen LogP) is 5.24. The molecule has 0 aliphatic heterocycles. The van der Waals surface area contributed by atoms with Gasteiger partial charge < -0.3 is 4.42 Å². The van der Waals surface area contributed by atoms with Gasteiger partial charge >= 0.3 is 0 Å². The van der Waals surface area contributed by atoms with Crippen molar-refractivity contribution in [3.05, 3.63) is 64.6 Å². The van der Waals surface area contributed by atoms with E-state index in [4.69, 9.17) is 4.42 Å². The minimum Gasteiger partial charge on any atom is -0.469 e. The van der Waals surface area contributed by atoms with E-state index < -0.39 is 0 Å². The lowest BCUT2D eigenvalue weighted by molar-refractivity contribution is 0.102. The van der Waals surface area contributed by atoms with E-state index in [1.54, 1.807) is 12.3 Å². The largest absolute Gasteiger partial charge is 0.469 e. The second-order valence-electron chi connectivity index (χ2n) is 6.92. The standard InChI is InChI=1S/C22H25N3O2S/c1-7-9-25-21(18-8-10-27-17(18)6)23-24-22(25)28-12-20(26)19-11-13(2)14(3)15(4)16(19)5/h7-8,10-11H,1,9,12H2,2-6H3. The monoisotopic (exact) mass is 395 g/mol. The van der Waals surface area contributed by atoms with Gasteiger partial charge in [-0.3, -0.25) is 9.36 Å². The molecule has 3 aromatic rings. The Morgan fingerprint density at radius 1 is 1.18 bits per heavy atom. The van der Waals surface area contributed by atoms with Crippen molar-refractivity contribution in [3.63, 3.8) is 0 Å². The number of nitrogens with zero attached hydrogens (tertiary/aromatic N) is 3. The predicted molar refractivity (Wildman–Crippen MR) is 113 cm³/mol. The zero-order valence-electron chi connectivity index (χ0n) is 17.0. The summed E-state index contributed by atoms with van der Waals surface area (Å²) >= 11 is 1.40. The van der Waals surface area contributed by atoms with Crippen molar-refractivity contribution < 1.29 is 9.21 Å². The quantitative estimate of drug-likeness (QED) is 0.311. The van der Waals surface area contributed by atoms with Crippen LogP contribution in [0.1, 0.15) is 38.4 Å². The fourth-order valence-electron chi connectivity index (χ4n) is 3.21. The molecular formula is C22H25N3O2S. The first kappa shape index (κ1) is 20.1. The maximum absolute atomic E-state index is 12.9. The van der Waals surface area contributed by atoms with Gasteiger partial charge in [0.2, 0.25) is 0 Å². The van der Waals surface area contributed by atoms with Crippen LogP contribution < -0.4 is 0 Å². The summed E-state index contributed by atoms with van der Waals surface area (Å²) in [5.41, 5.74) is 6.30. The lowest BCUT2D eigenvalue weighted by Crippen LogP contribution is -2.09. The SMILES string of the molecule is C=CCn1c(SCC(=O)c2cc(C)c(C)c(C)c2C)nnc1-c1ccoc1C. The van der Waals surface area contributed by atoms with Gasteiger partial charge in [-0.25, -0.2) is 0 Å². The molecule has 1 aromatic carbocycles. The van der Waals surface area contributed by atoms with Gasteiger partial charge in [-0.05, 0) is 69.0 Å². The van der Waals surface area contributed by atoms with Gasteiger partial charge in [0.15, 0.2) is 16.8 Å². The van der Waals surface area contributed by atoms with Crippen molar-refractivity contribution in [3.8, 4) is 11.4 Å². The van der Waals surface area contributed by atoms with Gasteiger partial charge in [-0.1, -0.05) is 17.8 Å². The molecule has 0 fully saturated rings. The van der Waals surface area contributed by atoms with Crippen LogP contribution in [0.5, 0.6) is 0 Å². The van der Waals surface area contributed by atoms with E-state index in [1.807, 2.05) is 37.5 Å². The number of allylic oxidation sites excluding steroid dienone is 1. The van der Waals surface area contributed by atoms with Crippen LogP contribution in [0, 0.1) is 34.6 Å². The van der Waals surface area contributed by atoms with E-state index in [0.29, 0.717) is 17.5 Å². The van der Waals surface area contributed by atoms with Crippen LogP contribution in [0.3, 0.4) is 0 Å². The summed E-state index contributed by atoms with van der Waals surface area (Å²) in [6.45, 7) is 14.5. The lowest BCUT2D eigenvalue weighted by atomic mass is 9.93. The Morgan fingerprint density at radius 2 is 1.93 bits per heavy atom. The highest BCUT2D eigenvalue weighted by Gasteiger charge is 2.19. The Labute approximate surface area is 169 Å². The summed E-state index contributed by atoms with van der Waals surface area (Å²) in [5.74, 6) is 1.91. The molecule has 3 rings (SSSR count). The summed E-state index contributed by atoms with van der Waals surface area (Å²) in [6, 6.07) is 3.87. The van der Waals surface area contributed by atoms with Gasteiger partial charge in [0.25, 0.3) is 0 Å². The highest BCUT2D eigenvalue weighted by atomic mass is 32.2. The number of carbonyl (C=O) groups is 1. The van der Waals surface area contributed by atoms with E-state index in [1.165, 1.54) is 22.9 Å². The number of rotatable bonds is 7. The average molecular weight is 396 g/mol. The first-order chi connectivity index (χ1) is 13.3. The molecule has 0 aliphatic rings. The van der Waals surface area contributed by atoms with Crippen molar-refractivity contribution in [1.29, 1.82) is 0 Å². The number of furan rings is 1. The van der Waals surface area contributed by atoms with E-state index in [-0.39, 0.29) is 5.78 Å². The molecule has 0 saturated carbocycles. The normalized spacial score (nSPS) is 11.0. The molecule has 0 N–H and O–H groups in total. The van der Waals surface area contributed by atoms with E-state index >= 15 is 0 Å². The Morgan fingerprint density at radius 3 is 2.57 bits per heavy atom. The topological polar surface area (TPSA) is 60.9 Å². The van der Waals surface area contributed by atoms with Crippen molar-refractivity contribution in [1.82, 2.24) is 14.8 Å². The van der Waals surface area contributed by atoms with Crippen molar-refractivity contribution in [2.45, 2.75) is 46.3 Å². The zero-order valence-corrected chi connectivity index (χ0v) is 17.8. The number of aromatic nitrogens is 3. The number of thioether (sulfide) groups is 1. The van der Waals surface area contributed by atoms with Crippen LogP contribution in [0.2, 0.25) is 0 Å². The van der Waals surface area contributed by atoms with Crippen molar-refractivity contribution in [2.75, 3.05) is 5.75 Å². The fraction of sp³-hybridized carbons (Fsp3) is 0.318. The number of aryl methyl sites for hydroxylation is 2. The van der Waals surface area contributed by atoms with Gasteiger partial charge in [0.1, 0.15) is 5.76 Å². The number of Topliss-reactive ketones (excluding diaryl/α,β-unsaturated/α-hetero) is 1. The molecule has 5 nitrogen and oxygen atoms in total. The highest BCUT2D eigenvalue weighted by molar-refractivity contribution is 7.99. The Bertz CT molecular complexity index is 1050. The maximum atomic E-state index is 12.9. The Balaban J connectivity index is 1.86. The van der Waals surface area contributed by atoms with Crippen LogP contribution in [-0.4, -0.2) is 26.3 Å². The van der Waals surface area contributed by atoms with Crippen LogP contribution in [-0.2, 0) is 6.54 Å². The number of hydrogen-bond acceptors (Lipinski definition) is 5. The third-order valence-electron chi connectivity index (χ3n) is 5.24. The first-order valence-corrected chi connectivity index (χ1v) is 10.2. The molecular weight excluding hydrogens is 370 g/mol. The molecule has 0 bridgehead atoms. The molecule has 28 heavy (non-hydrogen) atoms. The second-order valence-corrected chi connectivity index (χ2v) is 7.87. The van der Waals surface area contributed by atoms with Gasteiger partial charge in [-0.15, -0.1) is 16.8 Å². The molecule has 0 saturated heterocycles. The highest BCUT2D eigenvalue weighted by Crippen LogP contribution is 2.28. The third kappa shape index (κ3) is 3.69. The molecule has 0 aliphatic carbocycles. The molecule has 2 aromatic heterocycles. The Hall–Kier alpha value is -2.60. The number of ketones is 1. The van der Waals surface area contributed by atoms with Gasteiger partial charge in [-0.2, -0.15) is 0 Å². The number of benzene rings is 1. The van der Waals surface area contributed by atoms with Crippen LogP contribution >= 0.6 is 11.8 Å². The molecule has 146 valence electrons. The van der Waals surface area contributed by atoms with Gasteiger partial charge in [0, 0.05) is 12.1 Å². The number of hydrogen-bond donors (Lipinski definition) is 0. The van der Waals surface area contributed by atoms with Crippen LogP contribution in [0.15, 0.2) is 40.6 Å². The van der Waals surface area contributed by atoms with Crippen molar-refractivity contribution >= 4 is 17.5 Å². The third-order valence-corrected chi connectivity index (χ3v) is 6.21. The first-order valence-electron chi connectivity index (χ1n) is 9.17. The minimum absolute atomic E-state index is 0.0999. The molecule has 2 heterocycles. The summed E-state index contributed by atoms with van der Waals surface area (Å²) in [5, 5.41) is 9.32. The maximum Gasteiger partial charge on any atom is 0.192 e. The summed E-state index contributed by atoms with van der Waals surface area (Å²) in [6.07, 6.45) is 3.43. The average Bonchev–Trinajstić information content (AvgIpc) is 3.27. The fourth-order valence-corrected chi connectivity index (χ4v) is 4.05. The zero-order chi connectivity index (χ0) is 20.4. The molecule has 6 heteroatoms.